The van der Waals surface area contributed by atoms with Crippen LogP contribution in [0.3, 0.4) is 0 Å². The summed E-state index contributed by atoms with van der Waals surface area (Å²) in [6.45, 7) is 3.71. The SMILES string of the molecule is CCc1ccc(OCC(=O)Nc2nnc(SCc3cc(=O)n4oc(C)cc4n3)s2)cc1. The van der Waals surface area contributed by atoms with Gasteiger partial charge < -0.3 is 9.26 Å². The minimum Gasteiger partial charge on any atom is -0.484 e. The van der Waals surface area contributed by atoms with Crippen LogP contribution in [0.2, 0.25) is 0 Å². The summed E-state index contributed by atoms with van der Waals surface area (Å²) in [5.74, 6) is 1.37. The van der Waals surface area contributed by atoms with Crippen LogP contribution in [0, 0.1) is 6.92 Å². The van der Waals surface area contributed by atoms with E-state index in [0.29, 0.717) is 38.1 Å². The van der Waals surface area contributed by atoms with Gasteiger partial charge in [0.15, 0.2) is 16.6 Å². The van der Waals surface area contributed by atoms with Crippen molar-refractivity contribution in [3.63, 3.8) is 0 Å². The number of amides is 1. The van der Waals surface area contributed by atoms with Crippen molar-refractivity contribution in [1.29, 1.82) is 0 Å². The molecule has 31 heavy (non-hydrogen) atoms. The lowest BCUT2D eigenvalue weighted by atomic mass is 10.2. The Morgan fingerprint density at radius 3 is 2.84 bits per heavy atom. The van der Waals surface area contributed by atoms with Crippen molar-refractivity contribution in [1.82, 2.24) is 19.8 Å². The number of thioether (sulfide) groups is 1. The molecule has 0 saturated carbocycles. The van der Waals surface area contributed by atoms with Crippen LogP contribution in [0.1, 0.15) is 23.9 Å². The highest BCUT2D eigenvalue weighted by molar-refractivity contribution is 8.00. The molecule has 11 heteroatoms. The van der Waals surface area contributed by atoms with E-state index in [-0.39, 0.29) is 18.1 Å². The Morgan fingerprint density at radius 2 is 2.06 bits per heavy atom. The molecule has 0 aliphatic rings. The Hall–Kier alpha value is -3.18. The van der Waals surface area contributed by atoms with Crippen molar-refractivity contribution in [3.8, 4) is 5.75 Å². The summed E-state index contributed by atoms with van der Waals surface area (Å²) in [4.78, 5) is 28.6. The maximum absolute atomic E-state index is 12.1. The van der Waals surface area contributed by atoms with Gasteiger partial charge in [0.25, 0.3) is 11.5 Å². The molecular formula is C20H19N5O4S2. The van der Waals surface area contributed by atoms with Crippen molar-refractivity contribution >= 4 is 39.8 Å². The first-order chi connectivity index (χ1) is 15.0. The van der Waals surface area contributed by atoms with Crippen LogP contribution in [0.25, 0.3) is 5.65 Å². The number of benzene rings is 1. The molecule has 0 aliphatic heterocycles. The average molecular weight is 458 g/mol. The molecule has 1 N–H and O–H groups in total. The van der Waals surface area contributed by atoms with Gasteiger partial charge in [-0.2, -0.15) is 0 Å². The molecule has 160 valence electrons. The predicted octanol–water partition coefficient (Wildman–Crippen LogP) is 3.32. The second-order valence-electron chi connectivity index (χ2n) is 6.58. The minimum atomic E-state index is -0.317. The molecule has 1 aromatic carbocycles. The topological polar surface area (TPSA) is 112 Å². The third-order valence-corrected chi connectivity index (χ3v) is 6.23. The van der Waals surface area contributed by atoms with Crippen LogP contribution in [-0.2, 0) is 17.0 Å². The molecule has 0 unspecified atom stereocenters. The zero-order valence-electron chi connectivity index (χ0n) is 16.8. The first-order valence-corrected chi connectivity index (χ1v) is 11.3. The van der Waals surface area contributed by atoms with Gasteiger partial charge in [-0.05, 0) is 31.0 Å². The highest BCUT2D eigenvalue weighted by Crippen LogP contribution is 2.27. The number of hydrogen-bond acceptors (Lipinski definition) is 9. The standard InChI is InChI=1S/C20H19N5O4S2/c1-3-13-4-6-15(7-5-13)28-10-17(26)22-19-23-24-20(31-19)30-11-14-9-18(27)25-16(21-14)8-12(2)29-25/h4-9H,3,10-11H2,1-2H3,(H,22,23,26). The molecule has 0 atom stereocenters. The molecule has 0 aliphatic carbocycles. The Morgan fingerprint density at radius 1 is 1.26 bits per heavy atom. The Bertz CT molecular complexity index is 1260. The summed E-state index contributed by atoms with van der Waals surface area (Å²) in [7, 11) is 0. The van der Waals surface area contributed by atoms with E-state index < -0.39 is 0 Å². The molecule has 0 saturated heterocycles. The minimum absolute atomic E-state index is 0.120. The molecule has 3 heterocycles. The van der Waals surface area contributed by atoms with Crippen LogP contribution in [0.5, 0.6) is 5.75 Å². The fraction of sp³-hybridized carbons (Fsp3) is 0.250. The summed E-state index contributed by atoms with van der Waals surface area (Å²) in [6.07, 6.45) is 0.947. The van der Waals surface area contributed by atoms with Crippen molar-refractivity contribution < 1.29 is 14.1 Å². The van der Waals surface area contributed by atoms with Crippen LogP contribution >= 0.6 is 23.1 Å². The monoisotopic (exact) mass is 457 g/mol. The van der Waals surface area contributed by atoms with Crippen LogP contribution in [0.4, 0.5) is 5.13 Å². The largest absolute Gasteiger partial charge is 0.484 e. The second-order valence-corrected chi connectivity index (χ2v) is 8.78. The first-order valence-electron chi connectivity index (χ1n) is 9.47. The number of nitrogens with zero attached hydrogens (tertiary/aromatic N) is 4. The third kappa shape index (κ3) is 5.30. The molecule has 0 radical (unpaired) electrons. The van der Waals surface area contributed by atoms with E-state index in [1.807, 2.05) is 24.3 Å². The van der Waals surface area contributed by atoms with Crippen molar-refractivity contribution in [3.05, 3.63) is 63.8 Å². The molecule has 9 nitrogen and oxygen atoms in total. The number of nitrogens with one attached hydrogen (secondary N) is 1. The van der Waals surface area contributed by atoms with Crippen molar-refractivity contribution in [2.45, 2.75) is 30.4 Å². The number of ether oxygens (including phenoxy) is 1. The second kappa shape index (κ2) is 9.31. The van der Waals surface area contributed by atoms with E-state index in [9.17, 15) is 9.59 Å². The summed E-state index contributed by atoms with van der Waals surface area (Å²) in [5.41, 5.74) is 2.01. The fourth-order valence-corrected chi connectivity index (χ4v) is 4.39. The number of carbonyl (C=O) groups excluding carboxylic acids is 1. The smallest absolute Gasteiger partial charge is 0.287 e. The van der Waals surface area contributed by atoms with Crippen molar-refractivity contribution in [2.24, 2.45) is 0 Å². The average Bonchev–Trinajstić information content (AvgIpc) is 3.37. The molecule has 0 fully saturated rings. The first kappa shape index (κ1) is 21.1. The maximum Gasteiger partial charge on any atom is 0.287 e. The zero-order valence-corrected chi connectivity index (χ0v) is 18.5. The lowest BCUT2D eigenvalue weighted by Crippen LogP contribution is -2.20. The van der Waals surface area contributed by atoms with E-state index in [1.165, 1.54) is 34.7 Å². The lowest BCUT2D eigenvalue weighted by Gasteiger charge is -2.06. The quantitative estimate of drug-likeness (QED) is 0.317. The zero-order chi connectivity index (χ0) is 21.8. The van der Waals surface area contributed by atoms with E-state index in [4.69, 9.17) is 9.26 Å². The van der Waals surface area contributed by atoms with Gasteiger partial charge in [0.2, 0.25) is 5.13 Å². The number of aryl methyl sites for hydroxylation is 2. The van der Waals surface area contributed by atoms with Gasteiger partial charge in [-0.1, -0.05) is 42.2 Å². The molecule has 1 amide bonds. The van der Waals surface area contributed by atoms with Gasteiger partial charge in [-0.25, -0.2) is 4.98 Å². The number of carbonyl (C=O) groups is 1. The highest BCUT2D eigenvalue weighted by Gasteiger charge is 2.11. The third-order valence-electron chi connectivity index (χ3n) is 4.22. The predicted molar refractivity (Wildman–Crippen MR) is 118 cm³/mol. The van der Waals surface area contributed by atoms with Gasteiger partial charge >= 0.3 is 0 Å². The molecule has 0 bridgehead atoms. The summed E-state index contributed by atoms with van der Waals surface area (Å²) in [6, 6.07) is 10.7. The molecule has 3 aromatic heterocycles. The van der Waals surface area contributed by atoms with Gasteiger partial charge in [0, 0.05) is 17.9 Å². The van der Waals surface area contributed by atoms with Gasteiger partial charge in [-0.15, -0.1) is 14.8 Å². The van der Waals surface area contributed by atoms with Gasteiger partial charge in [0.1, 0.15) is 11.5 Å². The summed E-state index contributed by atoms with van der Waals surface area (Å²) < 4.78 is 12.6. The normalized spacial score (nSPS) is 11.0. The molecule has 0 spiro atoms. The van der Waals surface area contributed by atoms with Gasteiger partial charge in [-0.3, -0.25) is 14.9 Å². The van der Waals surface area contributed by atoms with E-state index >= 15 is 0 Å². The summed E-state index contributed by atoms with van der Waals surface area (Å²) >= 11 is 2.62. The molecular weight excluding hydrogens is 438 g/mol. The Labute approximate surface area is 185 Å². The Balaban J connectivity index is 1.29. The lowest BCUT2D eigenvalue weighted by molar-refractivity contribution is -0.118. The Kier molecular flexibility index (Phi) is 6.33. The van der Waals surface area contributed by atoms with E-state index in [2.05, 4.69) is 27.4 Å². The fourth-order valence-electron chi connectivity index (χ4n) is 2.73. The van der Waals surface area contributed by atoms with E-state index in [0.717, 1.165) is 11.0 Å². The van der Waals surface area contributed by atoms with E-state index in [1.54, 1.807) is 13.0 Å². The number of aromatic nitrogens is 4. The molecule has 4 rings (SSSR count). The van der Waals surface area contributed by atoms with Crippen LogP contribution < -0.4 is 15.6 Å². The number of rotatable bonds is 8. The number of anilines is 1. The number of hydrogen-bond donors (Lipinski definition) is 1. The molecule has 4 aromatic rings. The summed E-state index contributed by atoms with van der Waals surface area (Å²) in [5, 5.41) is 11.1. The highest BCUT2D eigenvalue weighted by atomic mass is 32.2. The van der Waals surface area contributed by atoms with Crippen molar-refractivity contribution in [2.75, 3.05) is 11.9 Å². The van der Waals surface area contributed by atoms with Crippen LogP contribution in [0.15, 0.2) is 50.1 Å². The van der Waals surface area contributed by atoms with Crippen LogP contribution in [-0.4, -0.2) is 32.3 Å². The maximum atomic E-state index is 12.1. The van der Waals surface area contributed by atoms with Gasteiger partial charge in [0.05, 0.1) is 5.69 Å². The number of fused-ring (bicyclic) bond motifs is 1.